The zero-order valence-corrected chi connectivity index (χ0v) is 16.1. The zero-order valence-electron chi connectivity index (χ0n) is 15.4. The Morgan fingerprint density at radius 2 is 1.89 bits per heavy atom. The summed E-state index contributed by atoms with van der Waals surface area (Å²) >= 11 is 5.93. The fraction of sp³-hybridized carbons (Fsp3) is 0.333. The average Bonchev–Trinajstić information content (AvgIpc) is 2.97. The molecule has 27 heavy (non-hydrogen) atoms. The minimum atomic E-state index is -0.216. The molecule has 1 atom stereocenters. The van der Waals surface area contributed by atoms with Gasteiger partial charge in [-0.1, -0.05) is 29.8 Å². The van der Waals surface area contributed by atoms with E-state index in [1.165, 1.54) is 0 Å². The summed E-state index contributed by atoms with van der Waals surface area (Å²) in [5.74, 6) is -0.276. The Balaban J connectivity index is 1.64. The summed E-state index contributed by atoms with van der Waals surface area (Å²) in [5.41, 5.74) is 2.13. The lowest BCUT2D eigenvalue weighted by atomic mass is 9.99. The van der Waals surface area contributed by atoms with Crippen LogP contribution in [0, 0.1) is 0 Å². The topological polar surface area (TPSA) is 61.4 Å². The highest BCUT2D eigenvalue weighted by Gasteiger charge is 2.22. The zero-order chi connectivity index (χ0) is 19.2. The molecule has 1 saturated heterocycles. The maximum atomic E-state index is 12.7. The van der Waals surface area contributed by atoms with Gasteiger partial charge in [-0.3, -0.25) is 9.59 Å². The van der Waals surface area contributed by atoms with Crippen LogP contribution in [-0.4, -0.2) is 42.9 Å². The number of benzene rings is 2. The monoisotopic (exact) mass is 385 g/mol. The molecule has 2 aromatic rings. The number of carbonyl (C=O) groups excluding carboxylic acids is 2. The molecule has 0 aliphatic carbocycles. The van der Waals surface area contributed by atoms with Crippen molar-refractivity contribution in [3.63, 3.8) is 0 Å². The molecule has 1 aliphatic heterocycles. The summed E-state index contributed by atoms with van der Waals surface area (Å²) in [6, 6.07) is 14.3. The number of nitrogens with zero attached hydrogens (tertiary/aromatic N) is 1. The summed E-state index contributed by atoms with van der Waals surface area (Å²) in [7, 11) is 0. The molecule has 2 N–H and O–H groups in total. The standard InChI is InChI=1S/C21H24ClN3O2/c1-15(21(27)25-12-3-10-23-11-13-25)16-6-8-19(9-7-16)24-20(26)17-4-2-5-18(22)14-17/h2,4-9,14-15,23H,3,10-13H2,1H3,(H,24,26). The Morgan fingerprint density at radius 1 is 1.11 bits per heavy atom. The van der Waals surface area contributed by atoms with Crippen LogP contribution in [0.5, 0.6) is 0 Å². The lowest BCUT2D eigenvalue weighted by molar-refractivity contribution is -0.132. The summed E-state index contributed by atoms with van der Waals surface area (Å²) < 4.78 is 0. The van der Waals surface area contributed by atoms with Gasteiger partial charge in [-0.2, -0.15) is 0 Å². The van der Waals surface area contributed by atoms with Crippen LogP contribution in [0.15, 0.2) is 48.5 Å². The molecule has 1 unspecified atom stereocenters. The highest BCUT2D eigenvalue weighted by molar-refractivity contribution is 6.31. The van der Waals surface area contributed by atoms with Gasteiger partial charge in [0.1, 0.15) is 0 Å². The quantitative estimate of drug-likeness (QED) is 0.846. The summed E-state index contributed by atoms with van der Waals surface area (Å²) in [6.45, 7) is 5.27. The van der Waals surface area contributed by atoms with E-state index in [4.69, 9.17) is 11.6 Å². The molecule has 0 aromatic heterocycles. The van der Waals surface area contributed by atoms with Crippen molar-refractivity contribution in [2.24, 2.45) is 0 Å². The van der Waals surface area contributed by atoms with Crippen molar-refractivity contribution < 1.29 is 9.59 Å². The molecule has 0 bridgehead atoms. The van der Waals surface area contributed by atoms with Crippen molar-refractivity contribution >= 4 is 29.1 Å². The van der Waals surface area contributed by atoms with E-state index in [-0.39, 0.29) is 17.7 Å². The molecule has 3 rings (SSSR count). The molecule has 0 radical (unpaired) electrons. The molecular formula is C21H24ClN3O2. The predicted molar refractivity (Wildman–Crippen MR) is 108 cm³/mol. The lowest BCUT2D eigenvalue weighted by Gasteiger charge is -2.24. The van der Waals surface area contributed by atoms with E-state index in [0.29, 0.717) is 16.3 Å². The van der Waals surface area contributed by atoms with Gasteiger partial charge >= 0.3 is 0 Å². The van der Waals surface area contributed by atoms with Gasteiger partial charge in [0, 0.05) is 35.9 Å². The Bertz CT molecular complexity index is 799. The second-order valence-electron chi connectivity index (χ2n) is 6.74. The molecular weight excluding hydrogens is 362 g/mol. The minimum absolute atomic E-state index is 0.148. The normalized spacial score (nSPS) is 15.7. The van der Waals surface area contributed by atoms with E-state index in [9.17, 15) is 9.59 Å². The highest BCUT2D eigenvalue weighted by atomic mass is 35.5. The van der Waals surface area contributed by atoms with Crippen LogP contribution in [0.1, 0.15) is 35.2 Å². The molecule has 6 heteroatoms. The third-order valence-electron chi connectivity index (χ3n) is 4.78. The number of amides is 2. The van der Waals surface area contributed by atoms with E-state index in [1.54, 1.807) is 24.3 Å². The SMILES string of the molecule is CC(C(=O)N1CCCNCC1)c1ccc(NC(=O)c2cccc(Cl)c2)cc1. The average molecular weight is 386 g/mol. The van der Waals surface area contributed by atoms with Crippen LogP contribution < -0.4 is 10.6 Å². The molecule has 2 aromatic carbocycles. The number of halogens is 1. The first-order chi connectivity index (χ1) is 13.0. The smallest absolute Gasteiger partial charge is 0.255 e. The first-order valence-electron chi connectivity index (χ1n) is 9.21. The molecule has 2 amide bonds. The number of anilines is 1. The van der Waals surface area contributed by atoms with Crippen molar-refractivity contribution in [2.75, 3.05) is 31.5 Å². The number of nitrogens with one attached hydrogen (secondary N) is 2. The fourth-order valence-corrected chi connectivity index (χ4v) is 3.36. The first-order valence-corrected chi connectivity index (χ1v) is 9.59. The maximum Gasteiger partial charge on any atom is 0.255 e. The summed E-state index contributed by atoms with van der Waals surface area (Å²) in [4.78, 5) is 27.0. The molecule has 0 saturated carbocycles. The van der Waals surface area contributed by atoms with Crippen LogP contribution in [0.3, 0.4) is 0 Å². The van der Waals surface area contributed by atoms with Crippen LogP contribution in [0.4, 0.5) is 5.69 Å². The minimum Gasteiger partial charge on any atom is -0.341 e. The third-order valence-corrected chi connectivity index (χ3v) is 5.01. The van der Waals surface area contributed by atoms with Gasteiger partial charge in [0.05, 0.1) is 5.92 Å². The van der Waals surface area contributed by atoms with Crippen molar-refractivity contribution in [1.82, 2.24) is 10.2 Å². The number of rotatable bonds is 4. The fourth-order valence-electron chi connectivity index (χ4n) is 3.17. The molecule has 142 valence electrons. The van der Waals surface area contributed by atoms with Crippen molar-refractivity contribution in [2.45, 2.75) is 19.3 Å². The van der Waals surface area contributed by atoms with Gasteiger partial charge in [0.25, 0.3) is 5.91 Å². The predicted octanol–water partition coefficient (Wildman–Crippen LogP) is 3.52. The Morgan fingerprint density at radius 3 is 2.63 bits per heavy atom. The first kappa shape index (κ1) is 19.4. The molecule has 1 heterocycles. The van der Waals surface area contributed by atoms with E-state index < -0.39 is 0 Å². The van der Waals surface area contributed by atoms with E-state index in [2.05, 4.69) is 10.6 Å². The number of carbonyl (C=O) groups is 2. The van der Waals surface area contributed by atoms with E-state index in [0.717, 1.165) is 38.2 Å². The molecule has 5 nitrogen and oxygen atoms in total. The molecule has 0 spiro atoms. The van der Waals surface area contributed by atoms with Gasteiger partial charge in [-0.15, -0.1) is 0 Å². The van der Waals surface area contributed by atoms with Gasteiger partial charge in [0.15, 0.2) is 0 Å². The summed E-state index contributed by atoms with van der Waals surface area (Å²) in [6.07, 6.45) is 0.979. The van der Waals surface area contributed by atoms with Crippen LogP contribution in [-0.2, 0) is 4.79 Å². The van der Waals surface area contributed by atoms with Gasteiger partial charge in [-0.25, -0.2) is 0 Å². The third kappa shape index (κ3) is 5.08. The number of hydrogen-bond acceptors (Lipinski definition) is 3. The Hall–Kier alpha value is -2.37. The van der Waals surface area contributed by atoms with Gasteiger partial charge < -0.3 is 15.5 Å². The Labute approximate surface area is 164 Å². The molecule has 1 aliphatic rings. The van der Waals surface area contributed by atoms with E-state index in [1.807, 2.05) is 36.1 Å². The van der Waals surface area contributed by atoms with Gasteiger partial charge in [0.2, 0.25) is 5.91 Å². The summed E-state index contributed by atoms with van der Waals surface area (Å²) in [5, 5.41) is 6.68. The second-order valence-corrected chi connectivity index (χ2v) is 7.17. The second kappa shape index (κ2) is 9.02. The van der Waals surface area contributed by atoms with Crippen molar-refractivity contribution in [1.29, 1.82) is 0 Å². The number of hydrogen-bond donors (Lipinski definition) is 2. The van der Waals surface area contributed by atoms with Crippen molar-refractivity contribution in [3.05, 3.63) is 64.7 Å². The Kier molecular flexibility index (Phi) is 6.48. The van der Waals surface area contributed by atoms with Crippen molar-refractivity contribution in [3.8, 4) is 0 Å². The van der Waals surface area contributed by atoms with E-state index >= 15 is 0 Å². The lowest BCUT2D eigenvalue weighted by Crippen LogP contribution is -2.36. The largest absolute Gasteiger partial charge is 0.341 e. The van der Waals surface area contributed by atoms with Crippen LogP contribution in [0.25, 0.3) is 0 Å². The maximum absolute atomic E-state index is 12.7. The van der Waals surface area contributed by atoms with Gasteiger partial charge in [-0.05, 0) is 55.8 Å². The van der Waals surface area contributed by atoms with Crippen LogP contribution in [0.2, 0.25) is 5.02 Å². The highest BCUT2D eigenvalue weighted by Crippen LogP contribution is 2.21. The van der Waals surface area contributed by atoms with Crippen LogP contribution >= 0.6 is 11.6 Å². The molecule has 1 fully saturated rings.